The zero-order valence-electron chi connectivity index (χ0n) is 12.3. The maximum Gasteiger partial charge on any atom is 0.210 e. The second-order valence-corrected chi connectivity index (χ2v) is 6.34. The number of nitrogens with zero attached hydrogens (tertiary/aromatic N) is 2. The summed E-state index contributed by atoms with van der Waals surface area (Å²) in [6, 6.07) is 0. The fraction of sp³-hybridized carbons (Fsp3) is 0.733. The minimum absolute atomic E-state index is 0.0669. The van der Waals surface area contributed by atoms with Crippen molar-refractivity contribution < 1.29 is 9.53 Å². The van der Waals surface area contributed by atoms with Crippen molar-refractivity contribution in [2.45, 2.75) is 58.1 Å². The van der Waals surface area contributed by atoms with Crippen LogP contribution in [0.25, 0.3) is 0 Å². The highest BCUT2D eigenvalue weighted by Crippen LogP contribution is 2.30. The van der Waals surface area contributed by atoms with Crippen LogP contribution in [0.4, 0.5) is 0 Å². The highest BCUT2D eigenvalue weighted by Gasteiger charge is 2.33. The number of ether oxygens (including phenoxy) is 1. The first-order chi connectivity index (χ1) is 9.69. The second kappa shape index (κ2) is 7.36. The number of carbonyl (C=O) groups excluding carboxylic acids is 1. The van der Waals surface area contributed by atoms with Crippen molar-refractivity contribution in [1.82, 2.24) is 9.78 Å². The molecule has 112 valence electrons. The predicted molar refractivity (Wildman–Crippen MR) is 81.9 cm³/mol. The van der Waals surface area contributed by atoms with Crippen LogP contribution in [0.15, 0.2) is 10.7 Å². The highest BCUT2D eigenvalue weighted by molar-refractivity contribution is 9.10. The van der Waals surface area contributed by atoms with Gasteiger partial charge in [0, 0.05) is 13.7 Å². The molecule has 0 radical (unpaired) electrons. The molecule has 2 rings (SSSR count). The average molecular weight is 343 g/mol. The molecule has 0 amide bonds. The van der Waals surface area contributed by atoms with Crippen LogP contribution in [-0.4, -0.2) is 28.8 Å². The van der Waals surface area contributed by atoms with Gasteiger partial charge >= 0.3 is 0 Å². The van der Waals surface area contributed by atoms with Gasteiger partial charge in [-0.2, -0.15) is 5.10 Å². The maximum atomic E-state index is 12.8. The lowest BCUT2D eigenvalue weighted by molar-refractivity contribution is 0.0304. The minimum Gasteiger partial charge on any atom is -0.373 e. The zero-order valence-corrected chi connectivity index (χ0v) is 13.9. The Balaban J connectivity index is 2.21. The van der Waals surface area contributed by atoms with E-state index in [0.717, 1.165) is 30.3 Å². The van der Waals surface area contributed by atoms with Crippen molar-refractivity contribution in [1.29, 1.82) is 0 Å². The number of Topliss-reactive ketones (excluding diaryl/α,β-unsaturated/α-hetero) is 1. The van der Waals surface area contributed by atoms with E-state index < -0.39 is 0 Å². The molecule has 0 bridgehead atoms. The van der Waals surface area contributed by atoms with E-state index >= 15 is 0 Å². The van der Waals surface area contributed by atoms with Crippen LogP contribution in [0, 0.1) is 5.92 Å². The fourth-order valence-electron chi connectivity index (χ4n) is 3.07. The van der Waals surface area contributed by atoms with E-state index in [9.17, 15) is 4.79 Å². The van der Waals surface area contributed by atoms with E-state index in [2.05, 4.69) is 28.0 Å². The van der Waals surface area contributed by atoms with Gasteiger partial charge in [0.25, 0.3) is 0 Å². The van der Waals surface area contributed by atoms with Crippen molar-refractivity contribution >= 4 is 21.7 Å². The van der Waals surface area contributed by atoms with Crippen LogP contribution in [0.1, 0.15) is 55.9 Å². The Kier molecular flexibility index (Phi) is 5.78. The number of methoxy groups -OCH3 is 1. The van der Waals surface area contributed by atoms with Gasteiger partial charge in [-0.3, -0.25) is 9.48 Å². The van der Waals surface area contributed by atoms with Gasteiger partial charge in [0.1, 0.15) is 11.8 Å². The molecule has 1 aliphatic carbocycles. The van der Waals surface area contributed by atoms with Crippen molar-refractivity contribution in [2.24, 2.45) is 5.92 Å². The first-order valence-electron chi connectivity index (χ1n) is 7.47. The van der Waals surface area contributed by atoms with E-state index in [1.165, 1.54) is 19.3 Å². The Labute approximate surface area is 129 Å². The van der Waals surface area contributed by atoms with Gasteiger partial charge in [0.05, 0.1) is 10.7 Å². The number of aromatic nitrogens is 2. The number of halogens is 1. The molecule has 4 nitrogen and oxygen atoms in total. The summed E-state index contributed by atoms with van der Waals surface area (Å²) >= 11 is 3.45. The molecule has 20 heavy (non-hydrogen) atoms. The largest absolute Gasteiger partial charge is 0.373 e. The van der Waals surface area contributed by atoms with Crippen molar-refractivity contribution in [3.8, 4) is 0 Å². The van der Waals surface area contributed by atoms with Crippen LogP contribution in [-0.2, 0) is 11.3 Å². The summed E-state index contributed by atoms with van der Waals surface area (Å²) in [5.74, 6) is 0.412. The van der Waals surface area contributed by atoms with Gasteiger partial charge in [-0.15, -0.1) is 0 Å². The Morgan fingerprint density at radius 1 is 1.50 bits per heavy atom. The normalized spacial score (nSPS) is 18.1. The molecule has 0 N–H and O–H groups in total. The molecule has 1 atom stereocenters. The Morgan fingerprint density at radius 3 is 2.80 bits per heavy atom. The van der Waals surface area contributed by atoms with E-state index in [-0.39, 0.29) is 11.9 Å². The molecule has 1 saturated carbocycles. The average Bonchev–Trinajstić information content (AvgIpc) is 2.82. The zero-order chi connectivity index (χ0) is 14.5. The molecule has 0 aliphatic heterocycles. The lowest BCUT2D eigenvalue weighted by Gasteiger charge is -2.28. The molecule has 1 fully saturated rings. The Hall–Kier alpha value is -0.680. The van der Waals surface area contributed by atoms with E-state index in [0.29, 0.717) is 11.6 Å². The summed E-state index contributed by atoms with van der Waals surface area (Å²) in [6.45, 7) is 2.84. The third kappa shape index (κ3) is 3.31. The number of ketones is 1. The molecule has 0 aromatic carbocycles. The molecule has 0 spiro atoms. The van der Waals surface area contributed by atoms with E-state index in [1.807, 2.05) is 0 Å². The maximum absolute atomic E-state index is 12.8. The first-order valence-corrected chi connectivity index (χ1v) is 8.26. The lowest BCUT2D eigenvalue weighted by atomic mass is 9.83. The Morgan fingerprint density at radius 2 is 2.20 bits per heavy atom. The lowest BCUT2D eigenvalue weighted by Crippen LogP contribution is -2.34. The second-order valence-electron chi connectivity index (χ2n) is 5.48. The van der Waals surface area contributed by atoms with Crippen LogP contribution in [0.3, 0.4) is 0 Å². The summed E-state index contributed by atoms with van der Waals surface area (Å²) in [5.41, 5.74) is 0.657. The van der Waals surface area contributed by atoms with Crippen LogP contribution in [0.5, 0.6) is 0 Å². The fourth-order valence-corrected chi connectivity index (χ4v) is 3.57. The van der Waals surface area contributed by atoms with E-state index in [4.69, 9.17) is 4.74 Å². The smallest absolute Gasteiger partial charge is 0.210 e. The highest BCUT2D eigenvalue weighted by atomic mass is 79.9. The van der Waals surface area contributed by atoms with Crippen LogP contribution in [0.2, 0.25) is 0 Å². The van der Waals surface area contributed by atoms with Crippen LogP contribution >= 0.6 is 15.9 Å². The predicted octanol–water partition coefficient (Wildman–Crippen LogP) is 3.83. The number of carbonyl (C=O) groups is 1. The van der Waals surface area contributed by atoms with Crippen molar-refractivity contribution in [2.75, 3.05) is 7.11 Å². The summed E-state index contributed by atoms with van der Waals surface area (Å²) in [5, 5.41) is 4.28. The van der Waals surface area contributed by atoms with Gasteiger partial charge < -0.3 is 4.74 Å². The van der Waals surface area contributed by atoms with Gasteiger partial charge in [-0.05, 0) is 41.1 Å². The monoisotopic (exact) mass is 342 g/mol. The molecule has 0 saturated heterocycles. The summed E-state index contributed by atoms with van der Waals surface area (Å²) < 4.78 is 8.12. The number of hydrogen-bond acceptors (Lipinski definition) is 3. The topological polar surface area (TPSA) is 44.1 Å². The van der Waals surface area contributed by atoms with Gasteiger partial charge in [-0.1, -0.05) is 26.2 Å². The van der Waals surface area contributed by atoms with E-state index in [1.54, 1.807) is 18.0 Å². The van der Waals surface area contributed by atoms with Crippen molar-refractivity contribution in [3.63, 3.8) is 0 Å². The molecular weight excluding hydrogens is 320 g/mol. The molecule has 1 heterocycles. The standard InChI is InChI=1S/C15H23BrN2O2/c1-3-9-18-13(12(16)10-17-18)14(19)15(20-2)11-7-5-4-6-8-11/h10-11,15H,3-9H2,1-2H3. The SMILES string of the molecule is CCCn1ncc(Br)c1C(=O)C(OC)C1CCCCC1. The minimum atomic E-state index is -0.334. The summed E-state index contributed by atoms with van der Waals surface area (Å²) in [4.78, 5) is 12.8. The molecule has 5 heteroatoms. The van der Waals surface area contributed by atoms with Gasteiger partial charge in [-0.25, -0.2) is 0 Å². The summed E-state index contributed by atoms with van der Waals surface area (Å²) in [7, 11) is 1.64. The third-order valence-corrected chi connectivity index (χ3v) is 4.63. The Bertz CT molecular complexity index is 453. The molecule has 1 aliphatic rings. The first kappa shape index (κ1) is 15.7. The molecule has 1 unspecified atom stereocenters. The summed E-state index contributed by atoms with van der Waals surface area (Å²) in [6.07, 6.45) is 8.18. The number of aryl methyl sites for hydroxylation is 1. The quantitative estimate of drug-likeness (QED) is 0.738. The number of hydrogen-bond donors (Lipinski definition) is 0. The number of rotatable bonds is 6. The van der Waals surface area contributed by atoms with Gasteiger partial charge in [0.15, 0.2) is 0 Å². The van der Waals surface area contributed by atoms with Gasteiger partial charge in [0.2, 0.25) is 5.78 Å². The molecule has 1 aromatic rings. The van der Waals surface area contributed by atoms with Crippen molar-refractivity contribution in [3.05, 3.63) is 16.4 Å². The van der Waals surface area contributed by atoms with Crippen LogP contribution < -0.4 is 0 Å². The molecular formula is C15H23BrN2O2. The third-order valence-electron chi connectivity index (χ3n) is 4.05. The molecule has 1 aromatic heterocycles.